The highest BCUT2D eigenvalue weighted by atomic mass is 16.5. The average molecular weight is 353 g/mol. The molecular formula is C19H23N5O2. The summed E-state index contributed by atoms with van der Waals surface area (Å²) in [5.74, 6) is 1.59. The minimum atomic E-state index is 0.0396. The van der Waals surface area contributed by atoms with Crippen molar-refractivity contribution in [1.82, 2.24) is 15.0 Å². The Labute approximate surface area is 151 Å². The van der Waals surface area contributed by atoms with Crippen LogP contribution in [0.4, 0.5) is 11.8 Å². The molecule has 26 heavy (non-hydrogen) atoms. The van der Waals surface area contributed by atoms with Crippen LogP contribution in [0.25, 0.3) is 10.9 Å². The van der Waals surface area contributed by atoms with Gasteiger partial charge in [-0.3, -0.25) is 0 Å². The number of para-hydroxylation sites is 1. The molecule has 136 valence electrons. The van der Waals surface area contributed by atoms with Crippen molar-refractivity contribution >= 4 is 22.7 Å². The number of benzene rings is 1. The molecule has 1 aliphatic heterocycles. The van der Waals surface area contributed by atoms with Crippen LogP contribution in [0.1, 0.15) is 23.7 Å². The zero-order valence-electron chi connectivity index (χ0n) is 14.5. The van der Waals surface area contributed by atoms with Crippen molar-refractivity contribution in [2.75, 3.05) is 37.0 Å². The van der Waals surface area contributed by atoms with Gasteiger partial charge in [-0.25, -0.2) is 4.98 Å². The first-order chi connectivity index (χ1) is 12.8. The van der Waals surface area contributed by atoms with E-state index in [-0.39, 0.29) is 6.61 Å². The van der Waals surface area contributed by atoms with Crippen LogP contribution in [0.2, 0.25) is 0 Å². The molecule has 1 saturated heterocycles. The van der Waals surface area contributed by atoms with Crippen LogP contribution in [-0.4, -0.2) is 46.4 Å². The summed E-state index contributed by atoms with van der Waals surface area (Å²) >= 11 is 0. The Morgan fingerprint density at radius 3 is 2.92 bits per heavy atom. The van der Waals surface area contributed by atoms with Gasteiger partial charge in [0.2, 0.25) is 5.95 Å². The number of nitrogens with one attached hydrogen (secondary N) is 3. The largest absolute Gasteiger partial charge is 0.395 e. The number of rotatable bonds is 7. The second-order valence-electron chi connectivity index (χ2n) is 6.45. The van der Waals surface area contributed by atoms with E-state index in [9.17, 15) is 0 Å². The van der Waals surface area contributed by atoms with E-state index >= 15 is 0 Å². The Morgan fingerprint density at radius 2 is 2.12 bits per heavy atom. The van der Waals surface area contributed by atoms with Gasteiger partial charge in [0.05, 0.1) is 25.5 Å². The van der Waals surface area contributed by atoms with Gasteiger partial charge in [-0.1, -0.05) is 18.2 Å². The van der Waals surface area contributed by atoms with Crippen LogP contribution >= 0.6 is 0 Å². The highest BCUT2D eigenvalue weighted by Crippen LogP contribution is 2.26. The third-order valence-corrected chi connectivity index (χ3v) is 4.53. The standard InChI is InChI=1S/C19H23N5O2/c25-7-6-20-19-23-17(14-5-8-26-12-14)10-18(24-19)21-11-15-9-13-3-1-2-4-16(13)22-15/h1-4,9-10,14,22,25H,5-8,11-12H2,(H2,20,21,23,24). The molecule has 3 heterocycles. The number of hydrogen-bond acceptors (Lipinski definition) is 6. The lowest BCUT2D eigenvalue weighted by Crippen LogP contribution is -2.13. The Balaban J connectivity index is 1.52. The molecule has 3 aromatic rings. The molecular weight excluding hydrogens is 330 g/mol. The van der Waals surface area contributed by atoms with Crippen LogP contribution < -0.4 is 10.6 Å². The van der Waals surface area contributed by atoms with Gasteiger partial charge in [-0.2, -0.15) is 4.98 Å². The van der Waals surface area contributed by atoms with Crippen molar-refractivity contribution in [3.8, 4) is 0 Å². The molecule has 4 rings (SSSR count). The highest BCUT2D eigenvalue weighted by molar-refractivity contribution is 5.80. The van der Waals surface area contributed by atoms with Crippen LogP contribution in [-0.2, 0) is 11.3 Å². The smallest absolute Gasteiger partial charge is 0.224 e. The lowest BCUT2D eigenvalue weighted by atomic mass is 10.0. The molecule has 2 aromatic heterocycles. The lowest BCUT2D eigenvalue weighted by molar-refractivity contribution is 0.193. The number of aliphatic hydroxyl groups excluding tert-OH is 1. The molecule has 1 fully saturated rings. The number of H-pyrrole nitrogens is 1. The molecule has 4 N–H and O–H groups in total. The van der Waals surface area contributed by atoms with Crippen LogP contribution in [0, 0.1) is 0 Å². The molecule has 0 amide bonds. The Morgan fingerprint density at radius 1 is 1.19 bits per heavy atom. The van der Waals surface area contributed by atoms with Gasteiger partial charge in [0.15, 0.2) is 0 Å². The maximum absolute atomic E-state index is 9.04. The maximum atomic E-state index is 9.04. The van der Waals surface area contributed by atoms with Crippen molar-refractivity contribution in [3.63, 3.8) is 0 Å². The number of anilines is 2. The van der Waals surface area contributed by atoms with Crippen molar-refractivity contribution in [1.29, 1.82) is 0 Å². The summed E-state index contributed by atoms with van der Waals surface area (Å²) in [7, 11) is 0. The van der Waals surface area contributed by atoms with Crippen LogP contribution in [0.15, 0.2) is 36.4 Å². The second kappa shape index (κ2) is 7.72. The van der Waals surface area contributed by atoms with Gasteiger partial charge in [-0.15, -0.1) is 0 Å². The normalized spacial score (nSPS) is 16.9. The van der Waals surface area contributed by atoms with Gasteiger partial charge < -0.3 is 25.5 Å². The summed E-state index contributed by atoms with van der Waals surface area (Å²) in [6.07, 6.45) is 0.970. The number of fused-ring (bicyclic) bond motifs is 1. The van der Waals surface area contributed by atoms with E-state index in [1.165, 1.54) is 5.39 Å². The van der Waals surface area contributed by atoms with Gasteiger partial charge >= 0.3 is 0 Å². The molecule has 1 aliphatic rings. The van der Waals surface area contributed by atoms with Crippen molar-refractivity contribution in [2.45, 2.75) is 18.9 Å². The van der Waals surface area contributed by atoms with Crippen molar-refractivity contribution < 1.29 is 9.84 Å². The summed E-state index contributed by atoms with van der Waals surface area (Å²) in [5.41, 5.74) is 3.19. The summed E-state index contributed by atoms with van der Waals surface area (Å²) in [4.78, 5) is 12.5. The Bertz CT molecular complexity index is 840. The summed E-state index contributed by atoms with van der Waals surface area (Å²) in [6.45, 7) is 2.57. The molecule has 0 bridgehead atoms. The third kappa shape index (κ3) is 3.79. The van der Waals surface area contributed by atoms with E-state index < -0.39 is 0 Å². The summed E-state index contributed by atoms with van der Waals surface area (Å²) in [6, 6.07) is 12.3. The fourth-order valence-corrected chi connectivity index (χ4v) is 3.19. The molecule has 1 unspecified atom stereocenters. The quantitative estimate of drug-likeness (QED) is 0.521. The van der Waals surface area contributed by atoms with Crippen molar-refractivity contribution in [2.24, 2.45) is 0 Å². The van der Waals surface area contributed by atoms with E-state index in [1.807, 2.05) is 18.2 Å². The maximum Gasteiger partial charge on any atom is 0.224 e. The summed E-state index contributed by atoms with van der Waals surface area (Å²) < 4.78 is 5.49. The number of aliphatic hydroxyl groups is 1. The SMILES string of the molecule is OCCNc1nc(NCc2cc3ccccc3[nH]2)cc(C2CCOC2)n1. The second-order valence-corrected chi connectivity index (χ2v) is 6.45. The minimum absolute atomic E-state index is 0.0396. The van der Waals surface area contributed by atoms with E-state index in [4.69, 9.17) is 9.84 Å². The first kappa shape index (κ1) is 16.8. The molecule has 0 saturated carbocycles. The summed E-state index contributed by atoms with van der Waals surface area (Å²) in [5, 5.41) is 16.7. The molecule has 1 atom stereocenters. The van der Waals surface area contributed by atoms with E-state index in [0.29, 0.717) is 31.6 Å². The predicted molar refractivity (Wildman–Crippen MR) is 101 cm³/mol. The van der Waals surface area contributed by atoms with E-state index in [0.717, 1.165) is 35.8 Å². The predicted octanol–water partition coefficient (Wildman–Crippen LogP) is 2.48. The number of nitrogens with zero attached hydrogens (tertiary/aromatic N) is 2. The molecule has 0 aliphatic carbocycles. The lowest BCUT2D eigenvalue weighted by Gasteiger charge is -2.13. The monoisotopic (exact) mass is 353 g/mol. The van der Waals surface area contributed by atoms with Gasteiger partial charge in [0, 0.05) is 36.3 Å². The first-order valence-electron chi connectivity index (χ1n) is 8.94. The topological polar surface area (TPSA) is 95.1 Å². The fraction of sp³-hybridized carbons (Fsp3) is 0.368. The van der Waals surface area contributed by atoms with E-state index in [2.05, 4.69) is 43.8 Å². The Kier molecular flexibility index (Phi) is 4.99. The van der Waals surface area contributed by atoms with Gasteiger partial charge in [-0.05, 0) is 23.9 Å². The first-order valence-corrected chi connectivity index (χ1v) is 8.94. The third-order valence-electron chi connectivity index (χ3n) is 4.53. The fourth-order valence-electron chi connectivity index (χ4n) is 3.19. The molecule has 1 aromatic carbocycles. The molecule has 0 radical (unpaired) electrons. The molecule has 7 nitrogen and oxygen atoms in total. The van der Waals surface area contributed by atoms with Crippen molar-refractivity contribution in [3.05, 3.63) is 47.8 Å². The highest BCUT2D eigenvalue weighted by Gasteiger charge is 2.20. The Hall–Kier alpha value is -2.64. The number of hydrogen-bond donors (Lipinski definition) is 4. The van der Waals surface area contributed by atoms with Crippen LogP contribution in [0.3, 0.4) is 0 Å². The number of aromatic amines is 1. The molecule has 7 heteroatoms. The van der Waals surface area contributed by atoms with E-state index in [1.54, 1.807) is 0 Å². The van der Waals surface area contributed by atoms with Gasteiger partial charge in [0.1, 0.15) is 5.82 Å². The minimum Gasteiger partial charge on any atom is -0.395 e. The zero-order valence-corrected chi connectivity index (χ0v) is 14.5. The number of aromatic nitrogens is 3. The van der Waals surface area contributed by atoms with Gasteiger partial charge in [0.25, 0.3) is 0 Å². The zero-order chi connectivity index (χ0) is 17.8. The number of ether oxygens (including phenoxy) is 1. The average Bonchev–Trinajstić information content (AvgIpc) is 3.34. The molecule has 0 spiro atoms. The van der Waals surface area contributed by atoms with Crippen LogP contribution in [0.5, 0.6) is 0 Å².